The van der Waals surface area contributed by atoms with E-state index in [1.807, 2.05) is 6.92 Å². The minimum atomic E-state index is -0.293. The van der Waals surface area contributed by atoms with Crippen molar-refractivity contribution in [2.24, 2.45) is 0 Å². The minimum Gasteiger partial charge on any atom is -0.361 e. The van der Waals surface area contributed by atoms with Gasteiger partial charge in [-0.3, -0.25) is 4.79 Å². The molecule has 2 heterocycles. The molecule has 2 aromatic heterocycles. The number of amides is 1. The highest BCUT2D eigenvalue weighted by Crippen LogP contribution is 2.18. The molecule has 7 heteroatoms. The van der Waals surface area contributed by atoms with Crippen LogP contribution in [0.1, 0.15) is 27.4 Å². The van der Waals surface area contributed by atoms with Crippen molar-refractivity contribution in [2.75, 3.05) is 0 Å². The van der Waals surface area contributed by atoms with Crippen molar-refractivity contribution in [1.82, 2.24) is 15.5 Å². The third-order valence-corrected chi connectivity index (χ3v) is 3.39. The SMILES string of the molecule is Cc1noc(C)c1CNC(=O)c1cc(Br)cnc1Cl. The van der Waals surface area contributed by atoms with Gasteiger partial charge in [-0.1, -0.05) is 16.8 Å². The number of hydrogen-bond donors (Lipinski definition) is 1. The quantitative estimate of drug-likeness (QED) is 0.869. The molecule has 0 spiro atoms. The molecule has 2 rings (SSSR count). The molecule has 0 aromatic carbocycles. The second-order valence-electron chi connectivity index (χ2n) is 3.98. The molecule has 0 aliphatic rings. The van der Waals surface area contributed by atoms with Crippen LogP contribution in [-0.2, 0) is 6.54 Å². The van der Waals surface area contributed by atoms with Gasteiger partial charge >= 0.3 is 0 Å². The van der Waals surface area contributed by atoms with E-state index in [1.54, 1.807) is 13.0 Å². The number of pyridine rings is 1. The fourth-order valence-electron chi connectivity index (χ4n) is 1.60. The smallest absolute Gasteiger partial charge is 0.254 e. The Hall–Kier alpha value is -1.40. The Labute approximate surface area is 123 Å². The fourth-order valence-corrected chi connectivity index (χ4v) is 2.12. The predicted octanol–water partition coefficient (Wildman–Crippen LogP) is 3.03. The zero-order valence-electron chi connectivity index (χ0n) is 10.3. The molecule has 0 radical (unpaired) electrons. The Morgan fingerprint density at radius 1 is 1.53 bits per heavy atom. The molecule has 5 nitrogen and oxygen atoms in total. The number of carbonyl (C=O) groups excluding carboxylic acids is 1. The van der Waals surface area contributed by atoms with Gasteiger partial charge in [0.05, 0.1) is 11.3 Å². The maximum atomic E-state index is 12.0. The van der Waals surface area contributed by atoms with E-state index in [4.69, 9.17) is 16.1 Å². The zero-order chi connectivity index (χ0) is 14.0. The van der Waals surface area contributed by atoms with Crippen LogP contribution in [0.3, 0.4) is 0 Å². The predicted molar refractivity (Wildman–Crippen MR) is 74.1 cm³/mol. The van der Waals surface area contributed by atoms with Gasteiger partial charge in [0.15, 0.2) is 0 Å². The first kappa shape index (κ1) is 14.0. The van der Waals surface area contributed by atoms with Gasteiger partial charge in [0.1, 0.15) is 10.9 Å². The first-order valence-electron chi connectivity index (χ1n) is 5.50. The maximum Gasteiger partial charge on any atom is 0.254 e. The summed E-state index contributed by atoms with van der Waals surface area (Å²) in [6, 6.07) is 1.62. The van der Waals surface area contributed by atoms with Crippen LogP contribution in [0.2, 0.25) is 5.15 Å². The first-order chi connectivity index (χ1) is 8.99. The minimum absolute atomic E-state index is 0.166. The largest absolute Gasteiger partial charge is 0.361 e. The summed E-state index contributed by atoms with van der Waals surface area (Å²) in [5.41, 5.74) is 1.95. The number of nitrogens with zero attached hydrogens (tertiary/aromatic N) is 2. The second kappa shape index (κ2) is 5.71. The van der Waals surface area contributed by atoms with Crippen LogP contribution in [0.25, 0.3) is 0 Å². The lowest BCUT2D eigenvalue weighted by Crippen LogP contribution is -2.23. The molecule has 0 aliphatic carbocycles. The van der Waals surface area contributed by atoms with Crippen molar-refractivity contribution >= 4 is 33.4 Å². The number of carbonyl (C=O) groups is 1. The van der Waals surface area contributed by atoms with Gasteiger partial charge in [-0.25, -0.2) is 4.98 Å². The standard InChI is InChI=1S/C12H11BrClN3O2/c1-6-10(7(2)19-17-6)5-16-12(18)9-3-8(13)4-15-11(9)14/h3-4H,5H2,1-2H3,(H,16,18). The summed E-state index contributed by atoms with van der Waals surface area (Å²) in [7, 11) is 0. The summed E-state index contributed by atoms with van der Waals surface area (Å²) in [6.45, 7) is 3.96. The zero-order valence-corrected chi connectivity index (χ0v) is 12.7. The summed E-state index contributed by atoms with van der Waals surface area (Å²) in [5.74, 6) is 0.398. The summed E-state index contributed by atoms with van der Waals surface area (Å²) in [5, 5.41) is 6.76. The van der Waals surface area contributed by atoms with Gasteiger partial charge in [-0.2, -0.15) is 0 Å². The third-order valence-electron chi connectivity index (χ3n) is 2.66. The van der Waals surface area contributed by atoms with Crippen molar-refractivity contribution in [3.05, 3.63) is 44.5 Å². The molecule has 0 aliphatic heterocycles. The van der Waals surface area contributed by atoms with Crippen LogP contribution in [0.15, 0.2) is 21.3 Å². The topological polar surface area (TPSA) is 68.0 Å². The highest BCUT2D eigenvalue weighted by molar-refractivity contribution is 9.10. The van der Waals surface area contributed by atoms with E-state index in [1.165, 1.54) is 6.20 Å². The number of aromatic nitrogens is 2. The monoisotopic (exact) mass is 343 g/mol. The molecule has 0 unspecified atom stereocenters. The van der Waals surface area contributed by atoms with E-state index in [0.29, 0.717) is 22.3 Å². The molecule has 1 N–H and O–H groups in total. The van der Waals surface area contributed by atoms with E-state index >= 15 is 0 Å². The number of aryl methyl sites for hydroxylation is 2. The van der Waals surface area contributed by atoms with E-state index in [2.05, 4.69) is 31.4 Å². The number of hydrogen-bond acceptors (Lipinski definition) is 4. The van der Waals surface area contributed by atoms with Crippen LogP contribution >= 0.6 is 27.5 Å². The van der Waals surface area contributed by atoms with E-state index in [-0.39, 0.29) is 11.1 Å². The highest BCUT2D eigenvalue weighted by atomic mass is 79.9. The van der Waals surface area contributed by atoms with Gasteiger partial charge in [0.2, 0.25) is 0 Å². The summed E-state index contributed by atoms with van der Waals surface area (Å²) in [6.07, 6.45) is 1.54. The summed E-state index contributed by atoms with van der Waals surface area (Å²) in [4.78, 5) is 15.9. The molecule has 19 heavy (non-hydrogen) atoms. The molecule has 2 aromatic rings. The molecular weight excluding hydrogens is 334 g/mol. The Morgan fingerprint density at radius 3 is 2.89 bits per heavy atom. The fraction of sp³-hybridized carbons (Fsp3) is 0.250. The third kappa shape index (κ3) is 3.13. The van der Waals surface area contributed by atoms with Gasteiger partial charge < -0.3 is 9.84 Å². The molecule has 1 amide bonds. The molecule has 100 valence electrons. The lowest BCUT2D eigenvalue weighted by Gasteiger charge is -2.06. The Morgan fingerprint density at radius 2 is 2.26 bits per heavy atom. The van der Waals surface area contributed by atoms with Crippen LogP contribution in [0.5, 0.6) is 0 Å². The Balaban J connectivity index is 2.12. The number of halogens is 2. The molecule has 0 saturated carbocycles. The van der Waals surface area contributed by atoms with Crippen molar-refractivity contribution < 1.29 is 9.32 Å². The van der Waals surface area contributed by atoms with E-state index in [9.17, 15) is 4.79 Å². The first-order valence-corrected chi connectivity index (χ1v) is 6.67. The molecular formula is C12H11BrClN3O2. The van der Waals surface area contributed by atoms with Gasteiger partial charge in [-0.05, 0) is 35.8 Å². The average molecular weight is 345 g/mol. The summed E-state index contributed by atoms with van der Waals surface area (Å²) >= 11 is 9.14. The highest BCUT2D eigenvalue weighted by Gasteiger charge is 2.14. The van der Waals surface area contributed by atoms with Crippen molar-refractivity contribution in [1.29, 1.82) is 0 Å². The number of rotatable bonds is 3. The van der Waals surface area contributed by atoms with Gasteiger partial charge in [0, 0.05) is 22.8 Å². The van der Waals surface area contributed by atoms with Gasteiger partial charge in [-0.15, -0.1) is 0 Å². The van der Waals surface area contributed by atoms with Crippen LogP contribution in [0, 0.1) is 13.8 Å². The molecule has 0 saturated heterocycles. The molecule has 0 fully saturated rings. The van der Waals surface area contributed by atoms with E-state index < -0.39 is 0 Å². The lowest BCUT2D eigenvalue weighted by molar-refractivity contribution is 0.0950. The van der Waals surface area contributed by atoms with Crippen LogP contribution < -0.4 is 5.32 Å². The maximum absolute atomic E-state index is 12.0. The Bertz CT molecular complexity index is 608. The summed E-state index contributed by atoms with van der Waals surface area (Å²) < 4.78 is 5.72. The molecule has 0 bridgehead atoms. The van der Waals surface area contributed by atoms with Crippen molar-refractivity contribution in [3.63, 3.8) is 0 Å². The van der Waals surface area contributed by atoms with Crippen molar-refractivity contribution in [3.8, 4) is 0 Å². The van der Waals surface area contributed by atoms with Crippen molar-refractivity contribution in [2.45, 2.75) is 20.4 Å². The second-order valence-corrected chi connectivity index (χ2v) is 5.25. The average Bonchev–Trinajstić information content (AvgIpc) is 2.69. The lowest BCUT2D eigenvalue weighted by atomic mass is 10.2. The number of nitrogens with one attached hydrogen (secondary N) is 1. The van der Waals surface area contributed by atoms with Crippen LogP contribution in [0.4, 0.5) is 0 Å². The van der Waals surface area contributed by atoms with Gasteiger partial charge in [0.25, 0.3) is 5.91 Å². The normalized spacial score (nSPS) is 10.5. The van der Waals surface area contributed by atoms with Crippen LogP contribution in [-0.4, -0.2) is 16.0 Å². The molecule has 0 atom stereocenters. The Kier molecular flexibility index (Phi) is 4.21. The van der Waals surface area contributed by atoms with E-state index in [0.717, 1.165) is 11.3 Å².